The minimum absolute atomic E-state index is 0.347. The highest BCUT2D eigenvalue weighted by molar-refractivity contribution is 5.93. The molecule has 0 aliphatic rings. The molecule has 0 aliphatic carbocycles. The average Bonchev–Trinajstić information content (AvgIpc) is 2.26. The van der Waals surface area contributed by atoms with Crippen molar-refractivity contribution in [3.8, 4) is 0 Å². The van der Waals surface area contributed by atoms with Crippen molar-refractivity contribution in [2.45, 2.75) is 26.4 Å². The summed E-state index contributed by atoms with van der Waals surface area (Å²) in [5, 5.41) is 0.708. The van der Waals surface area contributed by atoms with Crippen molar-refractivity contribution >= 4 is 16.9 Å². The molecule has 2 rings (SSSR count). The predicted molar refractivity (Wildman–Crippen MR) is 66.9 cm³/mol. The molecule has 1 aromatic heterocycles. The first-order valence-electron chi connectivity index (χ1n) is 5.64. The number of benzene rings is 1. The topological polar surface area (TPSA) is 39.2 Å². The van der Waals surface area contributed by atoms with Gasteiger partial charge in [-0.05, 0) is 39.0 Å². The second-order valence-corrected chi connectivity index (χ2v) is 5.06. The molecule has 1 aromatic carbocycles. The first kappa shape index (κ1) is 12.5. The van der Waals surface area contributed by atoms with E-state index in [-0.39, 0.29) is 5.82 Å². The molecule has 1 heterocycles. The number of rotatable bonds is 1. The van der Waals surface area contributed by atoms with E-state index in [0.717, 1.165) is 0 Å². The largest absolute Gasteiger partial charge is 0.456 e. The van der Waals surface area contributed by atoms with E-state index in [1.165, 1.54) is 18.3 Å². The Hall–Kier alpha value is -1.97. The van der Waals surface area contributed by atoms with Crippen LogP contribution < -0.4 is 0 Å². The predicted octanol–water partition coefficient (Wildman–Crippen LogP) is 3.33. The van der Waals surface area contributed by atoms with Crippen LogP contribution in [0.4, 0.5) is 4.39 Å². The maximum absolute atomic E-state index is 13.0. The molecule has 0 bridgehead atoms. The standard InChI is InChI=1S/C14H14FNO2/c1-14(2,3)18-13(17)10-6-9-4-5-11(15)7-12(9)16-8-10/h4-8H,1-3H3. The summed E-state index contributed by atoms with van der Waals surface area (Å²) in [5.41, 5.74) is 0.334. The van der Waals surface area contributed by atoms with Crippen molar-refractivity contribution in [1.82, 2.24) is 4.98 Å². The maximum atomic E-state index is 13.0. The fourth-order valence-electron chi connectivity index (χ4n) is 1.54. The van der Waals surface area contributed by atoms with Gasteiger partial charge in [0, 0.05) is 17.6 Å². The number of halogens is 1. The Bertz CT molecular complexity index is 602. The summed E-state index contributed by atoms with van der Waals surface area (Å²) in [5.74, 6) is -0.777. The van der Waals surface area contributed by atoms with Crippen molar-refractivity contribution < 1.29 is 13.9 Å². The number of carbonyl (C=O) groups is 1. The van der Waals surface area contributed by atoms with E-state index in [1.54, 1.807) is 32.9 Å². The Morgan fingerprint density at radius 2 is 2.00 bits per heavy atom. The zero-order chi connectivity index (χ0) is 13.3. The van der Waals surface area contributed by atoms with Crippen molar-refractivity contribution in [2.24, 2.45) is 0 Å². The van der Waals surface area contributed by atoms with Gasteiger partial charge in [-0.3, -0.25) is 4.98 Å². The van der Waals surface area contributed by atoms with Crippen molar-refractivity contribution in [2.75, 3.05) is 0 Å². The normalized spacial score (nSPS) is 11.6. The molecule has 18 heavy (non-hydrogen) atoms. The van der Waals surface area contributed by atoms with Crippen molar-refractivity contribution in [1.29, 1.82) is 0 Å². The Morgan fingerprint density at radius 1 is 1.28 bits per heavy atom. The number of hydrogen-bond donors (Lipinski definition) is 0. The highest BCUT2D eigenvalue weighted by Crippen LogP contribution is 2.17. The van der Waals surface area contributed by atoms with Crippen LogP contribution in [0.25, 0.3) is 10.9 Å². The number of ether oxygens (including phenoxy) is 1. The number of carbonyl (C=O) groups excluding carboxylic acids is 1. The molecule has 4 heteroatoms. The Balaban J connectivity index is 2.36. The zero-order valence-electron chi connectivity index (χ0n) is 10.5. The fourth-order valence-corrected chi connectivity index (χ4v) is 1.54. The number of pyridine rings is 1. The minimum Gasteiger partial charge on any atom is -0.456 e. The molecule has 0 unspecified atom stereocenters. The zero-order valence-corrected chi connectivity index (χ0v) is 10.5. The van der Waals surface area contributed by atoms with Crippen molar-refractivity contribution in [3.05, 3.63) is 41.8 Å². The molecular weight excluding hydrogens is 233 g/mol. The van der Waals surface area contributed by atoms with Crippen LogP contribution in [-0.4, -0.2) is 16.6 Å². The van der Waals surface area contributed by atoms with Crippen LogP contribution in [0.1, 0.15) is 31.1 Å². The summed E-state index contributed by atoms with van der Waals surface area (Å²) >= 11 is 0. The van der Waals surface area contributed by atoms with Gasteiger partial charge in [-0.2, -0.15) is 0 Å². The van der Waals surface area contributed by atoms with Crippen LogP contribution in [0.5, 0.6) is 0 Å². The molecule has 0 N–H and O–H groups in total. The molecule has 0 aliphatic heterocycles. The van der Waals surface area contributed by atoms with E-state index in [4.69, 9.17) is 4.74 Å². The summed E-state index contributed by atoms with van der Waals surface area (Å²) in [6, 6.07) is 5.90. The van der Waals surface area contributed by atoms with Gasteiger partial charge < -0.3 is 4.74 Å². The number of aromatic nitrogens is 1. The molecule has 0 fully saturated rings. The molecule has 0 spiro atoms. The molecule has 3 nitrogen and oxygen atoms in total. The van der Waals surface area contributed by atoms with Gasteiger partial charge in [0.05, 0.1) is 11.1 Å². The highest BCUT2D eigenvalue weighted by Gasteiger charge is 2.18. The van der Waals surface area contributed by atoms with E-state index in [0.29, 0.717) is 16.5 Å². The number of esters is 1. The van der Waals surface area contributed by atoms with E-state index < -0.39 is 11.6 Å². The van der Waals surface area contributed by atoms with Crippen LogP contribution in [0.15, 0.2) is 30.5 Å². The molecular formula is C14H14FNO2. The molecule has 0 saturated carbocycles. The van der Waals surface area contributed by atoms with Gasteiger partial charge in [-0.25, -0.2) is 9.18 Å². The third-order valence-corrected chi connectivity index (χ3v) is 2.28. The second-order valence-electron chi connectivity index (χ2n) is 5.06. The monoisotopic (exact) mass is 247 g/mol. The van der Waals surface area contributed by atoms with E-state index in [2.05, 4.69) is 4.98 Å². The summed E-state index contributed by atoms with van der Waals surface area (Å²) in [4.78, 5) is 15.9. The summed E-state index contributed by atoms with van der Waals surface area (Å²) in [6.07, 6.45) is 1.40. The Kier molecular flexibility index (Phi) is 3.03. The summed E-state index contributed by atoms with van der Waals surface area (Å²) in [6.45, 7) is 5.40. The average molecular weight is 247 g/mol. The van der Waals surface area contributed by atoms with E-state index >= 15 is 0 Å². The fraction of sp³-hybridized carbons (Fsp3) is 0.286. The lowest BCUT2D eigenvalue weighted by molar-refractivity contribution is 0.00693. The highest BCUT2D eigenvalue weighted by atomic mass is 19.1. The second kappa shape index (κ2) is 4.37. The van der Waals surface area contributed by atoms with Crippen LogP contribution in [-0.2, 0) is 4.74 Å². The molecule has 2 aromatic rings. The number of hydrogen-bond acceptors (Lipinski definition) is 3. The van der Waals surface area contributed by atoms with E-state index in [1.807, 2.05) is 0 Å². The summed E-state index contributed by atoms with van der Waals surface area (Å²) in [7, 11) is 0. The Morgan fingerprint density at radius 3 is 2.67 bits per heavy atom. The molecule has 0 amide bonds. The first-order chi connectivity index (χ1) is 8.35. The van der Waals surface area contributed by atoms with Gasteiger partial charge in [0.1, 0.15) is 11.4 Å². The number of fused-ring (bicyclic) bond motifs is 1. The molecule has 0 saturated heterocycles. The van der Waals surface area contributed by atoms with Crippen LogP contribution in [0, 0.1) is 5.82 Å². The molecule has 0 atom stereocenters. The molecule has 0 radical (unpaired) electrons. The van der Waals surface area contributed by atoms with Crippen LogP contribution >= 0.6 is 0 Å². The van der Waals surface area contributed by atoms with Crippen LogP contribution in [0.3, 0.4) is 0 Å². The SMILES string of the molecule is CC(C)(C)OC(=O)c1cnc2cc(F)ccc2c1. The van der Waals surface area contributed by atoms with Gasteiger partial charge in [-0.1, -0.05) is 0 Å². The third kappa shape index (κ3) is 2.83. The van der Waals surface area contributed by atoms with Gasteiger partial charge in [0.2, 0.25) is 0 Å². The number of nitrogens with zero attached hydrogens (tertiary/aromatic N) is 1. The quantitative estimate of drug-likeness (QED) is 0.725. The Labute approximate surface area is 105 Å². The lowest BCUT2D eigenvalue weighted by atomic mass is 10.1. The lowest BCUT2D eigenvalue weighted by Crippen LogP contribution is -2.23. The molecule has 94 valence electrons. The lowest BCUT2D eigenvalue weighted by Gasteiger charge is -2.19. The van der Waals surface area contributed by atoms with Gasteiger partial charge >= 0.3 is 5.97 Å². The van der Waals surface area contributed by atoms with Gasteiger partial charge in [0.15, 0.2) is 0 Å². The smallest absolute Gasteiger partial charge is 0.340 e. The van der Waals surface area contributed by atoms with Gasteiger partial charge in [-0.15, -0.1) is 0 Å². The minimum atomic E-state index is -0.547. The first-order valence-corrected chi connectivity index (χ1v) is 5.64. The van der Waals surface area contributed by atoms with Crippen molar-refractivity contribution in [3.63, 3.8) is 0 Å². The van der Waals surface area contributed by atoms with Crippen LogP contribution in [0.2, 0.25) is 0 Å². The summed E-state index contributed by atoms with van der Waals surface area (Å²) < 4.78 is 18.2. The van der Waals surface area contributed by atoms with Gasteiger partial charge in [0.25, 0.3) is 0 Å². The maximum Gasteiger partial charge on any atom is 0.340 e. The third-order valence-electron chi connectivity index (χ3n) is 2.28. The van der Waals surface area contributed by atoms with E-state index in [9.17, 15) is 9.18 Å².